The Morgan fingerprint density at radius 3 is 2.44 bits per heavy atom. The molecule has 1 aliphatic rings. The SMILES string of the molecule is COc1ccc(OC)c(S(=O)(=O)NN2CCO[C@@H](CC(=O)NCc3ccc(/C(N)=N/C(=O)OCc4ccccc4)cc3)C2=O)c1. The molecule has 0 aliphatic carbocycles. The van der Waals surface area contributed by atoms with E-state index in [9.17, 15) is 22.8 Å². The van der Waals surface area contributed by atoms with Crippen molar-refractivity contribution in [2.45, 2.75) is 30.6 Å². The summed E-state index contributed by atoms with van der Waals surface area (Å²) in [5.74, 6) is -0.891. The van der Waals surface area contributed by atoms with Gasteiger partial charge < -0.3 is 30.0 Å². The normalized spacial score (nSPS) is 15.3. The van der Waals surface area contributed by atoms with E-state index in [1.807, 2.05) is 30.3 Å². The summed E-state index contributed by atoms with van der Waals surface area (Å²) in [6, 6.07) is 20.1. The fraction of sp³-hybridized carbons (Fsp3) is 0.267. The first-order chi connectivity index (χ1) is 21.6. The monoisotopic (exact) mass is 639 g/mol. The third-order valence-corrected chi connectivity index (χ3v) is 7.95. The molecular formula is C30H33N5O9S. The van der Waals surface area contributed by atoms with E-state index in [2.05, 4.69) is 15.1 Å². The van der Waals surface area contributed by atoms with Gasteiger partial charge in [-0.15, -0.1) is 4.83 Å². The third kappa shape index (κ3) is 9.01. The van der Waals surface area contributed by atoms with Crippen LogP contribution < -0.4 is 25.4 Å². The zero-order valence-corrected chi connectivity index (χ0v) is 25.4. The first-order valence-corrected chi connectivity index (χ1v) is 15.2. The minimum atomic E-state index is -4.25. The van der Waals surface area contributed by atoms with Crippen molar-refractivity contribution in [2.24, 2.45) is 10.7 Å². The highest BCUT2D eigenvalue weighted by Crippen LogP contribution is 2.28. The van der Waals surface area contributed by atoms with Crippen molar-refractivity contribution < 1.29 is 41.7 Å². The molecule has 238 valence electrons. The minimum Gasteiger partial charge on any atom is -0.497 e. The number of hydrazine groups is 1. The second-order valence-corrected chi connectivity index (χ2v) is 11.3. The Morgan fingerprint density at radius 1 is 1.02 bits per heavy atom. The zero-order valence-electron chi connectivity index (χ0n) is 24.6. The van der Waals surface area contributed by atoms with Gasteiger partial charge in [-0.2, -0.15) is 4.99 Å². The number of sulfonamides is 1. The van der Waals surface area contributed by atoms with E-state index in [4.69, 9.17) is 24.7 Å². The lowest BCUT2D eigenvalue weighted by molar-refractivity contribution is -0.157. The lowest BCUT2D eigenvalue weighted by atomic mass is 10.1. The Morgan fingerprint density at radius 2 is 1.76 bits per heavy atom. The maximum atomic E-state index is 13.1. The van der Waals surface area contributed by atoms with Gasteiger partial charge in [-0.3, -0.25) is 14.6 Å². The van der Waals surface area contributed by atoms with Gasteiger partial charge >= 0.3 is 6.09 Å². The Bertz CT molecular complexity index is 1650. The lowest BCUT2D eigenvalue weighted by Gasteiger charge is -2.32. The number of benzene rings is 3. The van der Waals surface area contributed by atoms with Crippen LogP contribution in [0.5, 0.6) is 11.5 Å². The van der Waals surface area contributed by atoms with Gasteiger partial charge in [-0.1, -0.05) is 54.6 Å². The molecule has 1 aliphatic heterocycles. The molecule has 1 heterocycles. The number of hydrogen-bond acceptors (Lipinski definition) is 9. The van der Waals surface area contributed by atoms with Gasteiger partial charge in [0.15, 0.2) is 0 Å². The molecule has 3 aromatic carbocycles. The zero-order chi connectivity index (χ0) is 32.4. The average molecular weight is 640 g/mol. The van der Waals surface area contributed by atoms with Crippen molar-refractivity contribution in [1.82, 2.24) is 15.2 Å². The van der Waals surface area contributed by atoms with Crippen LogP contribution in [-0.4, -0.2) is 70.6 Å². The van der Waals surface area contributed by atoms with Crippen LogP contribution >= 0.6 is 0 Å². The largest absolute Gasteiger partial charge is 0.497 e. The summed E-state index contributed by atoms with van der Waals surface area (Å²) in [6.45, 7) is 0.138. The van der Waals surface area contributed by atoms with Gasteiger partial charge in [0.25, 0.3) is 15.9 Å². The average Bonchev–Trinajstić information content (AvgIpc) is 3.05. The fourth-order valence-corrected chi connectivity index (χ4v) is 5.47. The molecule has 1 saturated heterocycles. The van der Waals surface area contributed by atoms with Gasteiger partial charge in [0.2, 0.25) is 5.91 Å². The highest BCUT2D eigenvalue weighted by molar-refractivity contribution is 7.89. The van der Waals surface area contributed by atoms with Gasteiger partial charge in [-0.05, 0) is 23.3 Å². The molecule has 0 saturated carbocycles. The molecule has 0 radical (unpaired) electrons. The van der Waals surface area contributed by atoms with Crippen molar-refractivity contribution in [3.63, 3.8) is 0 Å². The summed E-state index contributed by atoms with van der Waals surface area (Å²) in [6.07, 6.45) is -2.35. The lowest BCUT2D eigenvalue weighted by Crippen LogP contribution is -2.56. The van der Waals surface area contributed by atoms with Crippen LogP contribution in [0.1, 0.15) is 23.1 Å². The maximum Gasteiger partial charge on any atom is 0.435 e. The minimum absolute atomic E-state index is 0.00564. The number of amidine groups is 1. The van der Waals surface area contributed by atoms with E-state index in [0.717, 1.165) is 10.6 Å². The van der Waals surface area contributed by atoms with Crippen molar-refractivity contribution in [3.05, 3.63) is 89.5 Å². The Labute approximate surface area is 260 Å². The van der Waals surface area contributed by atoms with Crippen LogP contribution in [0.4, 0.5) is 4.79 Å². The molecule has 14 nitrogen and oxygen atoms in total. The molecule has 4 N–H and O–H groups in total. The number of nitrogens with zero attached hydrogens (tertiary/aromatic N) is 2. The number of nitrogens with one attached hydrogen (secondary N) is 2. The number of hydrogen-bond donors (Lipinski definition) is 3. The number of aliphatic imine (C=N–C) groups is 1. The van der Waals surface area contributed by atoms with E-state index in [0.29, 0.717) is 11.1 Å². The standard InChI is InChI=1S/C30H33N5O9S/c1-41-23-12-13-24(42-2)26(16-23)45(39,40)34-35-14-15-43-25(29(35)37)17-27(36)32-18-20-8-10-22(11-9-20)28(31)33-30(38)44-19-21-6-4-3-5-7-21/h3-13,16,25,34H,14-15,17-19H2,1-2H3,(H,32,36)(H2,31,33,38)/t25-/m0/s1. The molecule has 4 rings (SSSR count). The first kappa shape index (κ1) is 32.9. The highest BCUT2D eigenvalue weighted by Gasteiger charge is 2.35. The summed E-state index contributed by atoms with van der Waals surface area (Å²) < 4.78 is 47.0. The molecule has 1 atom stereocenters. The van der Waals surface area contributed by atoms with Gasteiger partial charge in [0.05, 0.1) is 33.8 Å². The molecular weight excluding hydrogens is 606 g/mol. The number of carbonyl (C=O) groups is 3. The fourth-order valence-electron chi connectivity index (χ4n) is 4.22. The number of amides is 3. The summed E-state index contributed by atoms with van der Waals surface area (Å²) in [4.78, 5) is 43.4. The topological polar surface area (TPSA) is 188 Å². The van der Waals surface area contributed by atoms with Crippen LogP contribution in [0, 0.1) is 0 Å². The molecule has 1 fully saturated rings. The van der Waals surface area contributed by atoms with Gasteiger partial charge in [0, 0.05) is 18.2 Å². The molecule has 0 spiro atoms. The first-order valence-electron chi connectivity index (χ1n) is 13.7. The number of carbonyl (C=O) groups excluding carboxylic acids is 3. The van der Waals surface area contributed by atoms with Crippen LogP contribution in [0.2, 0.25) is 0 Å². The van der Waals surface area contributed by atoms with Gasteiger partial charge in [-0.25, -0.2) is 13.2 Å². The van der Waals surface area contributed by atoms with Crippen molar-refractivity contribution in [1.29, 1.82) is 0 Å². The molecule has 0 unspecified atom stereocenters. The van der Waals surface area contributed by atoms with Crippen LogP contribution in [0.25, 0.3) is 0 Å². The quantitative estimate of drug-likeness (QED) is 0.195. The predicted molar refractivity (Wildman–Crippen MR) is 162 cm³/mol. The van der Waals surface area contributed by atoms with E-state index >= 15 is 0 Å². The number of rotatable bonds is 12. The molecule has 3 aromatic rings. The van der Waals surface area contributed by atoms with Gasteiger partial charge in [0.1, 0.15) is 34.9 Å². The Balaban J connectivity index is 1.28. The predicted octanol–water partition coefficient (Wildman–Crippen LogP) is 1.87. The Hall–Kier alpha value is -4.99. The third-order valence-electron chi connectivity index (χ3n) is 6.59. The molecule has 15 heteroatoms. The smallest absolute Gasteiger partial charge is 0.435 e. The molecule has 0 bridgehead atoms. The second kappa shape index (κ2) is 15.1. The number of ether oxygens (including phenoxy) is 4. The van der Waals surface area contributed by atoms with Crippen molar-refractivity contribution in [3.8, 4) is 11.5 Å². The van der Waals surface area contributed by atoms with E-state index < -0.39 is 34.0 Å². The van der Waals surface area contributed by atoms with Crippen molar-refractivity contribution >= 4 is 33.8 Å². The summed E-state index contributed by atoms with van der Waals surface area (Å²) in [5.41, 5.74) is 7.95. The highest BCUT2D eigenvalue weighted by atomic mass is 32.2. The number of morpholine rings is 1. The van der Waals surface area contributed by atoms with Crippen LogP contribution in [0.3, 0.4) is 0 Å². The van der Waals surface area contributed by atoms with Crippen LogP contribution in [-0.2, 0) is 42.2 Å². The van der Waals surface area contributed by atoms with E-state index in [1.165, 1.54) is 32.4 Å². The molecule has 0 aromatic heterocycles. The van der Waals surface area contributed by atoms with E-state index in [-0.39, 0.29) is 55.0 Å². The number of nitrogens with two attached hydrogens (primary N) is 1. The van der Waals surface area contributed by atoms with Crippen molar-refractivity contribution in [2.75, 3.05) is 27.4 Å². The number of methoxy groups -OCH3 is 2. The Kier molecular flexibility index (Phi) is 11.1. The summed E-state index contributed by atoms with van der Waals surface area (Å²) >= 11 is 0. The molecule has 3 amide bonds. The summed E-state index contributed by atoms with van der Waals surface area (Å²) in [7, 11) is -1.54. The molecule has 45 heavy (non-hydrogen) atoms. The second-order valence-electron chi connectivity index (χ2n) is 9.68. The maximum absolute atomic E-state index is 13.1. The summed E-state index contributed by atoms with van der Waals surface area (Å²) in [5, 5.41) is 3.60. The van der Waals surface area contributed by atoms with E-state index in [1.54, 1.807) is 24.3 Å². The van der Waals surface area contributed by atoms with Crippen LogP contribution in [0.15, 0.2) is 82.7 Å².